The van der Waals surface area contributed by atoms with Crippen molar-refractivity contribution in [1.29, 1.82) is 0 Å². The normalized spacial score (nSPS) is 24.6. The van der Waals surface area contributed by atoms with E-state index in [0.717, 1.165) is 41.8 Å². The van der Waals surface area contributed by atoms with E-state index in [2.05, 4.69) is 18.7 Å². The molecule has 0 bridgehead atoms. The van der Waals surface area contributed by atoms with Gasteiger partial charge in [-0.2, -0.15) is 0 Å². The van der Waals surface area contributed by atoms with Crippen LogP contribution < -0.4 is 4.31 Å². The summed E-state index contributed by atoms with van der Waals surface area (Å²) in [6, 6.07) is 6.98. The predicted octanol–water partition coefficient (Wildman–Crippen LogP) is 4.85. The van der Waals surface area contributed by atoms with E-state index >= 15 is 0 Å². The van der Waals surface area contributed by atoms with Gasteiger partial charge in [0.05, 0.1) is 11.5 Å². The van der Waals surface area contributed by atoms with Crippen LogP contribution in [0.2, 0.25) is 0 Å². The molecule has 0 saturated carbocycles. The molecule has 1 aromatic carbocycles. The van der Waals surface area contributed by atoms with Gasteiger partial charge in [0.1, 0.15) is 11.0 Å². The molecule has 6 nitrogen and oxygen atoms in total. The van der Waals surface area contributed by atoms with Crippen LogP contribution in [0.15, 0.2) is 29.2 Å². The number of ether oxygens (including phenoxy) is 1. The Morgan fingerprint density at radius 2 is 1.88 bits per heavy atom. The Kier molecular flexibility index (Phi) is 6.27. The smallest absolute Gasteiger partial charge is 0.323 e. The monoisotopic (exact) mass is 502 g/mol. The summed E-state index contributed by atoms with van der Waals surface area (Å²) in [7, 11) is -3.71. The lowest BCUT2D eigenvalue weighted by molar-refractivity contribution is -0.149. The summed E-state index contributed by atoms with van der Waals surface area (Å²) in [4.78, 5) is 16.9. The Labute approximate surface area is 207 Å². The highest BCUT2D eigenvalue weighted by molar-refractivity contribution is 7.93. The first-order chi connectivity index (χ1) is 16.2. The van der Waals surface area contributed by atoms with Gasteiger partial charge >= 0.3 is 5.97 Å². The minimum atomic E-state index is -3.71. The summed E-state index contributed by atoms with van der Waals surface area (Å²) in [5.74, 6) is -0.144. The summed E-state index contributed by atoms with van der Waals surface area (Å²) in [6.07, 6.45) is 4.88. The molecule has 1 aliphatic carbocycles. The lowest BCUT2D eigenvalue weighted by atomic mass is 9.85. The molecule has 1 saturated heterocycles. The van der Waals surface area contributed by atoms with Crippen LogP contribution in [0.4, 0.5) is 5.00 Å². The van der Waals surface area contributed by atoms with Gasteiger partial charge in [-0.25, -0.2) is 8.42 Å². The van der Waals surface area contributed by atoms with Crippen molar-refractivity contribution in [1.82, 2.24) is 4.90 Å². The fraction of sp³-hybridized carbons (Fsp3) is 0.577. The number of fused-ring (bicyclic) bond motifs is 5. The molecule has 1 fully saturated rings. The molecule has 0 amide bonds. The van der Waals surface area contributed by atoms with Gasteiger partial charge in [-0.15, -0.1) is 11.3 Å². The van der Waals surface area contributed by atoms with Gasteiger partial charge in [-0.1, -0.05) is 17.7 Å². The van der Waals surface area contributed by atoms with Crippen LogP contribution in [0.25, 0.3) is 0 Å². The van der Waals surface area contributed by atoms with Crippen molar-refractivity contribution in [3.63, 3.8) is 0 Å². The molecule has 184 valence electrons. The number of rotatable bonds is 5. The number of anilines is 1. The number of carbonyl (C=O) groups excluding carboxylic acids is 1. The molecule has 3 aliphatic rings. The third kappa shape index (κ3) is 3.78. The average Bonchev–Trinajstić information content (AvgIpc) is 3.37. The van der Waals surface area contributed by atoms with E-state index in [4.69, 9.17) is 4.74 Å². The van der Waals surface area contributed by atoms with Gasteiger partial charge in [0.15, 0.2) is 0 Å². The Bertz CT molecular complexity index is 1190. The number of carbonyl (C=O) groups is 1. The molecule has 2 aromatic rings. The van der Waals surface area contributed by atoms with E-state index in [1.54, 1.807) is 27.8 Å². The minimum Gasteiger partial charge on any atom is -0.465 e. The second-order valence-corrected chi connectivity index (χ2v) is 13.0. The lowest BCUT2D eigenvalue weighted by Crippen LogP contribution is -2.46. The van der Waals surface area contributed by atoms with Crippen LogP contribution in [-0.2, 0) is 32.4 Å². The number of likely N-dealkylation sites (tertiary alicyclic amines) is 1. The van der Waals surface area contributed by atoms with Crippen LogP contribution in [0, 0.1) is 12.8 Å². The molecular formula is C26H34N2O4S2. The van der Waals surface area contributed by atoms with Crippen molar-refractivity contribution in [2.45, 2.75) is 82.8 Å². The van der Waals surface area contributed by atoms with E-state index < -0.39 is 10.0 Å². The first kappa shape index (κ1) is 23.8. The summed E-state index contributed by atoms with van der Waals surface area (Å²) >= 11 is 1.66. The molecular weight excluding hydrogens is 468 g/mol. The summed E-state index contributed by atoms with van der Waals surface area (Å²) in [5.41, 5.74) is 3.53. The van der Waals surface area contributed by atoms with Crippen molar-refractivity contribution in [2.75, 3.05) is 17.5 Å². The number of hydrogen-bond donors (Lipinski definition) is 0. The van der Waals surface area contributed by atoms with Gasteiger partial charge in [-0.3, -0.25) is 14.0 Å². The maximum absolute atomic E-state index is 13.9. The van der Waals surface area contributed by atoms with Crippen LogP contribution in [0.5, 0.6) is 0 Å². The fourth-order valence-electron chi connectivity index (χ4n) is 6.08. The number of aryl methyl sites for hydroxylation is 2. The van der Waals surface area contributed by atoms with Crippen LogP contribution in [-0.4, -0.2) is 44.5 Å². The molecule has 0 N–H and O–H groups in total. The zero-order valence-electron chi connectivity index (χ0n) is 20.4. The largest absolute Gasteiger partial charge is 0.465 e. The van der Waals surface area contributed by atoms with E-state index in [1.807, 2.05) is 26.0 Å². The van der Waals surface area contributed by atoms with E-state index in [-0.39, 0.29) is 30.0 Å². The molecule has 0 spiro atoms. The predicted molar refractivity (Wildman–Crippen MR) is 135 cm³/mol. The van der Waals surface area contributed by atoms with Gasteiger partial charge in [0.2, 0.25) is 0 Å². The van der Waals surface area contributed by atoms with E-state index in [1.165, 1.54) is 10.4 Å². The highest BCUT2D eigenvalue weighted by Crippen LogP contribution is 2.56. The number of thiophene rings is 1. The van der Waals surface area contributed by atoms with Crippen molar-refractivity contribution in [3.8, 4) is 0 Å². The topological polar surface area (TPSA) is 66.9 Å². The van der Waals surface area contributed by atoms with Gasteiger partial charge in [-0.05, 0) is 83.4 Å². The van der Waals surface area contributed by atoms with Gasteiger partial charge in [0.25, 0.3) is 10.0 Å². The number of esters is 1. The SMILES string of the molecule is CCOC(=O)[C@@H]1C[C@H]2CN(S(=O)(=O)c3ccc(C)cc3)c3sc4c(c3[C@H]2N1C(C)C)CCCC4. The zero-order valence-corrected chi connectivity index (χ0v) is 22.0. The van der Waals surface area contributed by atoms with Crippen molar-refractivity contribution >= 4 is 32.3 Å². The molecule has 8 heteroatoms. The highest BCUT2D eigenvalue weighted by atomic mass is 32.2. The number of benzene rings is 1. The maximum atomic E-state index is 13.9. The molecule has 3 atom stereocenters. The van der Waals surface area contributed by atoms with Gasteiger partial charge in [0, 0.05) is 29.1 Å². The van der Waals surface area contributed by atoms with E-state index in [0.29, 0.717) is 24.5 Å². The van der Waals surface area contributed by atoms with Crippen LogP contribution in [0.3, 0.4) is 0 Å². The Morgan fingerprint density at radius 3 is 2.56 bits per heavy atom. The average molecular weight is 503 g/mol. The van der Waals surface area contributed by atoms with Crippen molar-refractivity contribution in [3.05, 3.63) is 45.8 Å². The Morgan fingerprint density at radius 1 is 1.18 bits per heavy atom. The zero-order chi connectivity index (χ0) is 24.2. The minimum absolute atomic E-state index is 0.0464. The first-order valence-electron chi connectivity index (χ1n) is 12.4. The summed E-state index contributed by atoms with van der Waals surface area (Å²) < 4.78 is 35.0. The molecule has 0 radical (unpaired) electrons. The molecule has 5 rings (SSSR count). The van der Waals surface area contributed by atoms with Crippen LogP contribution in [0.1, 0.15) is 67.6 Å². The second kappa shape index (κ2) is 8.95. The third-order valence-electron chi connectivity index (χ3n) is 7.53. The summed E-state index contributed by atoms with van der Waals surface area (Å²) in [5, 5.41) is 0.865. The standard InChI is InChI=1S/C26H34N2O4S2/c1-5-32-26(29)21-14-18-15-27(34(30,31)19-12-10-17(4)11-13-19)25-23(24(18)28(21)16(2)3)20-8-6-7-9-22(20)33-25/h10-13,16,18,21,24H,5-9,14-15H2,1-4H3/t18-,21-,24-/m0/s1. The number of hydrogen-bond acceptors (Lipinski definition) is 6. The first-order valence-corrected chi connectivity index (χ1v) is 14.7. The van der Waals surface area contributed by atoms with E-state index in [9.17, 15) is 13.2 Å². The molecule has 34 heavy (non-hydrogen) atoms. The molecule has 0 unspecified atom stereocenters. The second-order valence-electron chi connectivity index (χ2n) is 10.0. The molecule has 2 aliphatic heterocycles. The number of nitrogens with zero attached hydrogens (tertiary/aromatic N) is 2. The lowest BCUT2D eigenvalue weighted by Gasteiger charge is -2.40. The quantitative estimate of drug-likeness (QED) is 0.547. The molecule has 1 aromatic heterocycles. The van der Waals surface area contributed by atoms with Crippen molar-refractivity contribution < 1.29 is 17.9 Å². The third-order valence-corrected chi connectivity index (χ3v) is 10.8. The van der Waals surface area contributed by atoms with Crippen LogP contribution >= 0.6 is 11.3 Å². The van der Waals surface area contributed by atoms with Gasteiger partial charge < -0.3 is 4.74 Å². The Hall–Kier alpha value is -1.90. The number of sulfonamides is 1. The van der Waals surface area contributed by atoms with Crippen molar-refractivity contribution in [2.24, 2.45) is 5.92 Å². The highest BCUT2D eigenvalue weighted by Gasteiger charge is 2.53. The fourth-order valence-corrected chi connectivity index (χ4v) is 9.27. The maximum Gasteiger partial charge on any atom is 0.323 e. The molecule has 3 heterocycles. The Balaban J connectivity index is 1.65. The summed E-state index contributed by atoms with van der Waals surface area (Å²) in [6.45, 7) is 8.80.